The fourth-order valence-electron chi connectivity index (χ4n) is 2.06. The van der Waals surface area contributed by atoms with E-state index in [0.717, 1.165) is 11.8 Å². The smallest absolute Gasteiger partial charge is 0.303 e. The molecule has 3 N–H and O–H groups in total. The van der Waals surface area contributed by atoms with Crippen LogP contribution in [0.2, 0.25) is 0 Å². The van der Waals surface area contributed by atoms with Gasteiger partial charge < -0.3 is 10.4 Å². The first kappa shape index (κ1) is 20.1. The van der Waals surface area contributed by atoms with Crippen molar-refractivity contribution in [2.75, 3.05) is 11.6 Å². The summed E-state index contributed by atoms with van der Waals surface area (Å²) in [6, 6.07) is 5.87. The summed E-state index contributed by atoms with van der Waals surface area (Å²) in [6.07, 6.45) is 1.45. The zero-order chi connectivity index (χ0) is 18.5. The number of hydrogen-bond donors (Lipinski definition) is 3. The third kappa shape index (κ3) is 7.10. The highest BCUT2D eigenvalue weighted by Gasteiger charge is 2.33. The average Bonchev–Trinajstić information content (AvgIpc) is 2.42. The summed E-state index contributed by atoms with van der Waals surface area (Å²) in [5, 5.41) is 11.3. The molecule has 1 amide bonds. The molecule has 0 saturated heterocycles. The predicted molar refractivity (Wildman–Crippen MR) is 92.3 cm³/mol. The van der Waals surface area contributed by atoms with Gasteiger partial charge in [-0.3, -0.25) is 9.59 Å². The van der Waals surface area contributed by atoms with Crippen LogP contribution in [0.15, 0.2) is 24.3 Å². The van der Waals surface area contributed by atoms with Crippen LogP contribution >= 0.6 is 0 Å². The Labute approximate surface area is 142 Å². The summed E-state index contributed by atoms with van der Waals surface area (Å²) in [7, 11) is -3.53. The van der Waals surface area contributed by atoms with Crippen molar-refractivity contribution in [1.82, 2.24) is 4.72 Å². The fourth-order valence-corrected chi connectivity index (χ4v) is 2.95. The first-order valence-electron chi connectivity index (χ1n) is 7.47. The van der Waals surface area contributed by atoms with Crippen molar-refractivity contribution in [3.63, 3.8) is 0 Å². The molecule has 8 heteroatoms. The van der Waals surface area contributed by atoms with Gasteiger partial charge in [-0.2, -0.15) is 0 Å². The topological polar surface area (TPSA) is 113 Å². The first-order valence-corrected chi connectivity index (χ1v) is 9.36. The van der Waals surface area contributed by atoms with Crippen molar-refractivity contribution in [3.05, 3.63) is 29.8 Å². The molecule has 0 fully saturated rings. The van der Waals surface area contributed by atoms with Crippen LogP contribution in [0.3, 0.4) is 0 Å². The normalized spacial score (nSPS) is 13.3. The van der Waals surface area contributed by atoms with E-state index in [1.54, 1.807) is 45.0 Å². The van der Waals surface area contributed by atoms with Gasteiger partial charge in [-0.1, -0.05) is 32.9 Å². The molecular weight excluding hydrogens is 332 g/mol. The van der Waals surface area contributed by atoms with E-state index in [0.29, 0.717) is 12.1 Å². The highest BCUT2D eigenvalue weighted by atomic mass is 32.2. The molecule has 0 heterocycles. The number of nitrogens with one attached hydrogen (secondary N) is 2. The summed E-state index contributed by atoms with van der Waals surface area (Å²) in [4.78, 5) is 23.0. The van der Waals surface area contributed by atoms with Crippen molar-refractivity contribution in [2.45, 2.75) is 39.7 Å². The Kier molecular flexibility index (Phi) is 6.50. The molecule has 0 aliphatic carbocycles. The molecule has 0 aliphatic heterocycles. The summed E-state index contributed by atoms with van der Waals surface area (Å²) in [5.41, 5.74) is 0.759. The maximum Gasteiger partial charge on any atom is 0.303 e. The number of anilines is 1. The van der Waals surface area contributed by atoms with Crippen LogP contribution in [-0.2, 0) is 26.0 Å². The Hall–Kier alpha value is -1.93. The minimum atomic E-state index is -3.53. The van der Waals surface area contributed by atoms with Gasteiger partial charge in [-0.25, -0.2) is 13.1 Å². The molecule has 0 bridgehead atoms. The molecule has 1 unspecified atom stereocenters. The van der Waals surface area contributed by atoms with E-state index in [1.807, 2.05) is 0 Å². The van der Waals surface area contributed by atoms with E-state index < -0.39 is 33.4 Å². The lowest BCUT2D eigenvalue weighted by Gasteiger charge is -2.29. The van der Waals surface area contributed by atoms with Gasteiger partial charge in [-0.05, 0) is 29.5 Å². The molecule has 0 radical (unpaired) electrons. The van der Waals surface area contributed by atoms with E-state index in [9.17, 15) is 18.0 Å². The van der Waals surface area contributed by atoms with Gasteiger partial charge in [0.25, 0.3) is 0 Å². The molecule has 0 spiro atoms. The fraction of sp³-hybridized carbons (Fsp3) is 0.500. The Morgan fingerprint density at radius 2 is 1.71 bits per heavy atom. The number of sulfonamides is 1. The van der Waals surface area contributed by atoms with Crippen LogP contribution in [0.5, 0.6) is 0 Å². The lowest BCUT2D eigenvalue weighted by Crippen LogP contribution is -2.51. The largest absolute Gasteiger partial charge is 0.481 e. The van der Waals surface area contributed by atoms with Crippen LogP contribution in [0.4, 0.5) is 5.69 Å². The van der Waals surface area contributed by atoms with Crippen LogP contribution in [-0.4, -0.2) is 37.7 Å². The lowest BCUT2D eigenvalue weighted by atomic mass is 9.87. The van der Waals surface area contributed by atoms with Crippen molar-refractivity contribution < 1.29 is 23.1 Å². The molecule has 134 valence electrons. The SMILES string of the molecule is CC(C)(C)C(NS(C)(=O)=O)C(=O)Nc1ccc(CCC(=O)O)cc1. The number of aliphatic carboxylic acids is 1. The molecular formula is C16H24N2O5S. The van der Waals surface area contributed by atoms with Crippen molar-refractivity contribution in [1.29, 1.82) is 0 Å². The maximum absolute atomic E-state index is 12.4. The van der Waals surface area contributed by atoms with E-state index in [1.165, 1.54) is 0 Å². The van der Waals surface area contributed by atoms with Gasteiger partial charge in [0, 0.05) is 12.1 Å². The Morgan fingerprint density at radius 3 is 2.12 bits per heavy atom. The molecule has 7 nitrogen and oxygen atoms in total. The summed E-state index contributed by atoms with van der Waals surface area (Å²) in [6.45, 7) is 5.30. The number of aryl methyl sites for hydroxylation is 1. The predicted octanol–water partition coefficient (Wildman–Crippen LogP) is 1.61. The summed E-state index contributed by atoms with van der Waals surface area (Å²) in [5.74, 6) is -1.32. The Bertz CT molecular complexity index is 690. The maximum atomic E-state index is 12.4. The van der Waals surface area contributed by atoms with Crippen LogP contribution in [0.1, 0.15) is 32.8 Å². The van der Waals surface area contributed by atoms with Crippen LogP contribution < -0.4 is 10.0 Å². The number of amides is 1. The Morgan fingerprint density at radius 1 is 1.17 bits per heavy atom. The summed E-state index contributed by atoms with van der Waals surface area (Å²) < 4.78 is 25.3. The van der Waals surface area contributed by atoms with Gasteiger partial charge in [0.1, 0.15) is 6.04 Å². The standard InChI is InChI=1S/C16H24N2O5S/c1-16(2,3)14(18-24(4,22)23)15(21)17-12-8-5-11(6-9-12)7-10-13(19)20/h5-6,8-9,14,18H,7,10H2,1-4H3,(H,17,21)(H,19,20). The molecule has 1 aromatic rings. The van der Waals surface area contributed by atoms with Gasteiger partial charge in [-0.15, -0.1) is 0 Å². The zero-order valence-corrected chi connectivity index (χ0v) is 15.1. The highest BCUT2D eigenvalue weighted by Crippen LogP contribution is 2.22. The minimum absolute atomic E-state index is 0.0378. The minimum Gasteiger partial charge on any atom is -0.481 e. The van der Waals surface area contributed by atoms with Crippen molar-refractivity contribution in [2.24, 2.45) is 5.41 Å². The number of carbonyl (C=O) groups excluding carboxylic acids is 1. The third-order valence-corrected chi connectivity index (χ3v) is 3.97. The molecule has 1 aromatic carbocycles. The molecule has 1 atom stereocenters. The van der Waals surface area contributed by atoms with Gasteiger partial charge in [0.05, 0.1) is 6.26 Å². The lowest BCUT2D eigenvalue weighted by molar-refractivity contribution is -0.137. The average molecular weight is 356 g/mol. The van der Waals surface area contributed by atoms with Crippen molar-refractivity contribution >= 4 is 27.6 Å². The highest BCUT2D eigenvalue weighted by molar-refractivity contribution is 7.88. The van der Waals surface area contributed by atoms with Gasteiger partial charge in [0.15, 0.2) is 0 Å². The number of carbonyl (C=O) groups is 2. The van der Waals surface area contributed by atoms with Crippen molar-refractivity contribution in [3.8, 4) is 0 Å². The number of rotatable bonds is 7. The van der Waals surface area contributed by atoms with Crippen LogP contribution in [0, 0.1) is 5.41 Å². The van der Waals surface area contributed by atoms with E-state index in [-0.39, 0.29) is 6.42 Å². The second-order valence-electron chi connectivity index (χ2n) is 6.77. The quantitative estimate of drug-likeness (QED) is 0.687. The third-order valence-electron chi connectivity index (χ3n) is 3.31. The van der Waals surface area contributed by atoms with E-state index in [4.69, 9.17) is 5.11 Å². The summed E-state index contributed by atoms with van der Waals surface area (Å²) >= 11 is 0. The second-order valence-corrected chi connectivity index (χ2v) is 8.55. The molecule has 1 rings (SSSR count). The number of carboxylic acid groups (broad SMARTS) is 1. The van der Waals surface area contributed by atoms with E-state index in [2.05, 4.69) is 10.0 Å². The van der Waals surface area contributed by atoms with Crippen LogP contribution in [0.25, 0.3) is 0 Å². The van der Waals surface area contributed by atoms with Gasteiger partial charge in [0.2, 0.25) is 15.9 Å². The number of carboxylic acids is 1. The number of hydrogen-bond acceptors (Lipinski definition) is 4. The molecule has 0 saturated carbocycles. The molecule has 0 aromatic heterocycles. The molecule has 24 heavy (non-hydrogen) atoms. The Balaban J connectivity index is 2.82. The molecule has 0 aliphatic rings. The zero-order valence-electron chi connectivity index (χ0n) is 14.3. The monoisotopic (exact) mass is 356 g/mol. The second kappa shape index (κ2) is 7.76. The first-order chi connectivity index (χ1) is 10.9. The van der Waals surface area contributed by atoms with Gasteiger partial charge >= 0.3 is 5.97 Å². The van der Waals surface area contributed by atoms with E-state index >= 15 is 0 Å². The number of benzene rings is 1.